The molecule has 1 aliphatic heterocycles. The molecule has 0 aromatic heterocycles. The highest BCUT2D eigenvalue weighted by atomic mass is 79.9. The van der Waals surface area contributed by atoms with Crippen LogP contribution in [0.15, 0.2) is 0 Å². The molecule has 0 unspecified atom stereocenters. The van der Waals surface area contributed by atoms with E-state index in [-0.39, 0.29) is 11.1 Å². The van der Waals surface area contributed by atoms with Crippen molar-refractivity contribution in [3.63, 3.8) is 0 Å². The monoisotopic (exact) mass is 286 g/mol. The Kier molecular flexibility index (Phi) is 4.34. The van der Waals surface area contributed by atoms with Crippen LogP contribution in [-0.2, 0) is 9.47 Å². The second kappa shape index (κ2) is 4.80. The minimum Gasteiger partial charge on any atom is -0.352 e. The standard InChI is InChI=1S/C7H12Br2O2/c1-2-10-7-6(9)5(8)3-4-11-7/h5-7H,2-4H2,1H3/t5-,6-,7-/m1/s1. The number of ether oxygens (including phenoxy) is 2. The van der Waals surface area contributed by atoms with Crippen LogP contribution in [-0.4, -0.2) is 29.2 Å². The van der Waals surface area contributed by atoms with E-state index < -0.39 is 0 Å². The topological polar surface area (TPSA) is 18.5 Å². The molecule has 0 saturated carbocycles. The van der Waals surface area contributed by atoms with Crippen molar-refractivity contribution >= 4 is 31.9 Å². The molecule has 0 bridgehead atoms. The molecule has 66 valence electrons. The van der Waals surface area contributed by atoms with Crippen molar-refractivity contribution in [2.24, 2.45) is 0 Å². The molecule has 0 aromatic carbocycles. The molecule has 0 amide bonds. The van der Waals surface area contributed by atoms with E-state index >= 15 is 0 Å². The summed E-state index contributed by atoms with van der Waals surface area (Å²) >= 11 is 7.08. The van der Waals surface area contributed by atoms with E-state index in [4.69, 9.17) is 9.47 Å². The Morgan fingerprint density at radius 3 is 2.91 bits per heavy atom. The zero-order chi connectivity index (χ0) is 8.27. The van der Waals surface area contributed by atoms with Gasteiger partial charge in [0.15, 0.2) is 6.29 Å². The molecule has 4 heteroatoms. The van der Waals surface area contributed by atoms with Crippen molar-refractivity contribution in [3.8, 4) is 0 Å². The lowest BCUT2D eigenvalue weighted by Crippen LogP contribution is -2.39. The van der Waals surface area contributed by atoms with Crippen LogP contribution in [0.2, 0.25) is 0 Å². The van der Waals surface area contributed by atoms with E-state index in [1.807, 2.05) is 6.92 Å². The third-order valence-electron chi connectivity index (χ3n) is 1.61. The van der Waals surface area contributed by atoms with Crippen LogP contribution in [0.25, 0.3) is 0 Å². The first-order valence-corrected chi connectivity index (χ1v) is 5.60. The Labute approximate surface area is 83.9 Å². The van der Waals surface area contributed by atoms with Crippen LogP contribution in [0.1, 0.15) is 13.3 Å². The van der Waals surface area contributed by atoms with Crippen LogP contribution in [0.3, 0.4) is 0 Å². The molecule has 0 N–H and O–H groups in total. The third kappa shape index (κ3) is 2.68. The predicted octanol–water partition coefficient (Wildman–Crippen LogP) is 2.30. The van der Waals surface area contributed by atoms with Crippen LogP contribution >= 0.6 is 31.9 Å². The molecule has 11 heavy (non-hydrogen) atoms. The quantitative estimate of drug-likeness (QED) is 0.726. The number of alkyl halides is 2. The number of hydrogen-bond acceptors (Lipinski definition) is 2. The van der Waals surface area contributed by atoms with Gasteiger partial charge in [-0.3, -0.25) is 0 Å². The van der Waals surface area contributed by atoms with Gasteiger partial charge in [-0.25, -0.2) is 0 Å². The summed E-state index contributed by atoms with van der Waals surface area (Å²) in [5.41, 5.74) is 0. The van der Waals surface area contributed by atoms with E-state index in [1.165, 1.54) is 0 Å². The van der Waals surface area contributed by atoms with Gasteiger partial charge in [-0.15, -0.1) is 0 Å². The molecule has 1 fully saturated rings. The van der Waals surface area contributed by atoms with E-state index in [2.05, 4.69) is 31.9 Å². The maximum Gasteiger partial charge on any atom is 0.171 e. The fourth-order valence-corrected chi connectivity index (χ4v) is 2.03. The molecule has 1 aliphatic rings. The Hall–Kier alpha value is 0.880. The molecule has 2 nitrogen and oxygen atoms in total. The zero-order valence-electron chi connectivity index (χ0n) is 6.43. The third-order valence-corrected chi connectivity index (χ3v) is 4.42. The Morgan fingerprint density at radius 2 is 2.27 bits per heavy atom. The van der Waals surface area contributed by atoms with Gasteiger partial charge in [0.2, 0.25) is 0 Å². The highest BCUT2D eigenvalue weighted by Gasteiger charge is 2.30. The van der Waals surface area contributed by atoms with Crippen molar-refractivity contribution in [3.05, 3.63) is 0 Å². The first kappa shape index (κ1) is 9.96. The van der Waals surface area contributed by atoms with Gasteiger partial charge in [-0.05, 0) is 13.3 Å². The van der Waals surface area contributed by atoms with Crippen LogP contribution < -0.4 is 0 Å². The van der Waals surface area contributed by atoms with Crippen molar-refractivity contribution in [1.29, 1.82) is 0 Å². The summed E-state index contributed by atoms with van der Waals surface area (Å²) in [6.45, 7) is 3.45. The van der Waals surface area contributed by atoms with Gasteiger partial charge in [0.05, 0.1) is 11.4 Å². The lowest BCUT2D eigenvalue weighted by molar-refractivity contribution is -0.151. The molecular formula is C7H12Br2O2. The second-order valence-electron chi connectivity index (χ2n) is 2.44. The fraction of sp³-hybridized carbons (Fsp3) is 1.00. The van der Waals surface area contributed by atoms with E-state index in [0.29, 0.717) is 11.4 Å². The molecule has 0 radical (unpaired) electrons. The van der Waals surface area contributed by atoms with Crippen molar-refractivity contribution in [1.82, 2.24) is 0 Å². The van der Waals surface area contributed by atoms with Crippen LogP contribution in [0.4, 0.5) is 0 Å². The Bertz CT molecular complexity index is 119. The summed E-state index contributed by atoms with van der Waals surface area (Å²) in [5, 5.41) is 0. The van der Waals surface area contributed by atoms with Gasteiger partial charge in [-0.2, -0.15) is 0 Å². The number of halogens is 2. The summed E-state index contributed by atoms with van der Waals surface area (Å²) in [7, 11) is 0. The Balaban J connectivity index is 2.38. The zero-order valence-corrected chi connectivity index (χ0v) is 9.60. The molecule has 1 rings (SSSR count). The lowest BCUT2D eigenvalue weighted by Gasteiger charge is -2.31. The van der Waals surface area contributed by atoms with Gasteiger partial charge in [0.1, 0.15) is 0 Å². The van der Waals surface area contributed by atoms with Crippen molar-refractivity contribution in [2.75, 3.05) is 13.2 Å². The average Bonchev–Trinajstić information content (AvgIpc) is 1.99. The molecule has 1 saturated heterocycles. The van der Waals surface area contributed by atoms with Crippen LogP contribution in [0.5, 0.6) is 0 Å². The first-order valence-electron chi connectivity index (χ1n) is 3.77. The lowest BCUT2D eigenvalue weighted by atomic mass is 10.2. The summed E-state index contributed by atoms with van der Waals surface area (Å²) in [6.07, 6.45) is 0.956. The molecule has 3 atom stereocenters. The summed E-state index contributed by atoms with van der Waals surface area (Å²) in [4.78, 5) is 0.740. The van der Waals surface area contributed by atoms with Gasteiger partial charge in [0.25, 0.3) is 0 Å². The molecule has 0 spiro atoms. The Morgan fingerprint density at radius 1 is 1.55 bits per heavy atom. The SMILES string of the molecule is CCO[C@@H]1OCC[C@@H](Br)[C@H]1Br. The van der Waals surface area contributed by atoms with E-state index in [0.717, 1.165) is 13.0 Å². The molecule has 0 aliphatic carbocycles. The maximum atomic E-state index is 5.40. The molecule has 1 heterocycles. The van der Waals surface area contributed by atoms with Crippen molar-refractivity contribution < 1.29 is 9.47 Å². The van der Waals surface area contributed by atoms with E-state index in [9.17, 15) is 0 Å². The minimum atomic E-state index is -0.0851. The summed E-state index contributed by atoms with van der Waals surface area (Å²) in [5.74, 6) is 0. The van der Waals surface area contributed by atoms with Gasteiger partial charge < -0.3 is 9.47 Å². The second-order valence-corrected chi connectivity index (χ2v) is 4.68. The maximum absolute atomic E-state index is 5.40. The normalized spacial score (nSPS) is 39.0. The summed E-state index contributed by atoms with van der Waals surface area (Å²) in [6, 6.07) is 0. The average molecular weight is 288 g/mol. The van der Waals surface area contributed by atoms with Gasteiger partial charge >= 0.3 is 0 Å². The largest absolute Gasteiger partial charge is 0.352 e. The smallest absolute Gasteiger partial charge is 0.171 e. The highest BCUT2D eigenvalue weighted by molar-refractivity contribution is 9.12. The molecular weight excluding hydrogens is 276 g/mol. The van der Waals surface area contributed by atoms with Crippen LogP contribution in [0, 0.1) is 0 Å². The van der Waals surface area contributed by atoms with E-state index in [1.54, 1.807) is 0 Å². The summed E-state index contributed by atoms with van der Waals surface area (Å²) < 4.78 is 10.8. The predicted molar refractivity (Wildman–Crippen MR) is 51.4 cm³/mol. The van der Waals surface area contributed by atoms with Crippen molar-refractivity contribution in [2.45, 2.75) is 29.3 Å². The molecule has 0 aromatic rings. The van der Waals surface area contributed by atoms with Gasteiger partial charge in [-0.1, -0.05) is 31.9 Å². The number of rotatable bonds is 2. The minimum absolute atomic E-state index is 0.0851. The fourth-order valence-electron chi connectivity index (χ4n) is 1.02. The first-order chi connectivity index (χ1) is 5.25. The van der Waals surface area contributed by atoms with Gasteiger partial charge in [0, 0.05) is 11.4 Å². The number of hydrogen-bond donors (Lipinski definition) is 0. The highest BCUT2D eigenvalue weighted by Crippen LogP contribution is 2.27.